The van der Waals surface area contributed by atoms with E-state index in [-0.39, 0.29) is 11.9 Å². The van der Waals surface area contributed by atoms with Crippen LogP contribution in [0.2, 0.25) is 0 Å². The third kappa shape index (κ3) is 4.78. The molecule has 2 rings (SSSR count). The highest BCUT2D eigenvalue weighted by Crippen LogP contribution is 2.16. The summed E-state index contributed by atoms with van der Waals surface area (Å²) in [5, 5.41) is 3.26. The minimum atomic E-state index is -0.0310. The molecular formula is C19H26N4O. The van der Waals surface area contributed by atoms with Gasteiger partial charge in [0.05, 0.1) is 6.04 Å². The fourth-order valence-corrected chi connectivity index (χ4v) is 2.58. The average molecular weight is 326 g/mol. The lowest BCUT2D eigenvalue weighted by molar-refractivity contribution is 0.0749. The Kier molecular flexibility index (Phi) is 6.73. The Morgan fingerprint density at radius 3 is 2.42 bits per heavy atom. The summed E-state index contributed by atoms with van der Waals surface area (Å²) in [5.74, 6) is 0.446. The Morgan fingerprint density at radius 1 is 1.12 bits per heavy atom. The van der Waals surface area contributed by atoms with Crippen molar-refractivity contribution < 1.29 is 4.79 Å². The predicted octanol–water partition coefficient (Wildman–Crippen LogP) is 3.91. The van der Waals surface area contributed by atoms with Crippen LogP contribution >= 0.6 is 0 Å². The zero-order valence-electron chi connectivity index (χ0n) is 14.7. The van der Waals surface area contributed by atoms with Gasteiger partial charge in [0.15, 0.2) is 0 Å². The summed E-state index contributed by atoms with van der Waals surface area (Å²) in [6.45, 7) is 7.70. The average Bonchev–Trinajstić information content (AvgIpc) is 2.62. The maximum atomic E-state index is 12.6. The second kappa shape index (κ2) is 9.01. The number of benzene rings is 1. The number of amides is 1. The first-order valence-electron chi connectivity index (χ1n) is 8.59. The molecule has 2 aromatic rings. The lowest BCUT2D eigenvalue weighted by Crippen LogP contribution is -2.33. The molecule has 1 N–H and O–H groups in total. The van der Waals surface area contributed by atoms with E-state index in [9.17, 15) is 4.79 Å². The van der Waals surface area contributed by atoms with E-state index in [1.165, 1.54) is 0 Å². The van der Waals surface area contributed by atoms with Crippen LogP contribution in [0.15, 0.2) is 42.6 Å². The molecule has 0 aliphatic rings. The normalized spacial score (nSPS) is 11.8. The van der Waals surface area contributed by atoms with E-state index in [1.54, 1.807) is 12.3 Å². The number of carbonyl (C=O) groups excluding carboxylic acids is 1. The molecule has 128 valence electrons. The van der Waals surface area contributed by atoms with Crippen molar-refractivity contribution in [1.82, 2.24) is 14.9 Å². The van der Waals surface area contributed by atoms with Crippen molar-refractivity contribution >= 4 is 11.9 Å². The topological polar surface area (TPSA) is 58.1 Å². The number of aromatic nitrogens is 2. The Balaban J connectivity index is 2.11. The van der Waals surface area contributed by atoms with Gasteiger partial charge in [-0.25, -0.2) is 9.97 Å². The highest BCUT2D eigenvalue weighted by molar-refractivity contribution is 5.92. The molecule has 1 atom stereocenters. The minimum Gasteiger partial charge on any atom is -0.348 e. The third-order valence-electron chi connectivity index (χ3n) is 3.79. The van der Waals surface area contributed by atoms with E-state index in [0.29, 0.717) is 11.6 Å². The Hall–Kier alpha value is -2.43. The van der Waals surface area contributed by atoms with Crippen LogP contribution < -0.4 is 5.32 Å². The molecule has 24 heavy (non-hydrogen) atoms. The van der Waals surface area contributed by atoms with E-state index in [1.807, 2.05) is 30.0 Å². The van der Waals surface area contributed by atoms with Crippen molar-refractivity contribution in [1.29, 1.82) is 0 Å². The van der Waals surface area contributed by atoms with Crippen LogP contribution in [0.5, 0.6) is 0 Å². The number of anilines is 1. The second-order valence-corrected chi connectivity index (χ2v) is 5.83. The summed E-state index contributed by atoms with van der Waals surface area (Å²) in [5.41, 5.74) is 1.59. The maximum absolute atomic E-state index is 12.6. The fraction of sp³-hybridized carbons (Fsp3) is 0.421. The summed E-state index contributed by atoms with van der Waals surface area (Å²) in [6, 6.07) is 11.8. The van der Waals surface area contributed by atoms with Gasteiger partial charge in [-0.05, 0) is 31.4 Å². The summed E-state index contributed by atoms with van der Waals surface area (Å²) in [4.78, 5) is 23.2. The van der Waals surface area contributed by atoms with E-state index in [0.717, 1.165) is 31.5 Å². The molecule has 1 aromatic carbocycles. The summed E-state index contributed by atoms with van der Waals surface area (Å²) >= 11 is 0. The molecule has 0 aliphatic heterocycles. The van der Waals surface area contributed by atoms with Gasteiger partial charge >= 0.3 is 0 Å². The van der Waals surface area contributed by atoms with Gasteiger partial charge in [0, 0.05) is 19.3 Å². The first kappa shape index (κ1) is 17.9. The molecule has 0 radical (unpaired) electrons. The molecule has 0 saturated carbocycles. The highest BCUT2D eigenvalue weighted by atomic mass is 16.2. The van der Waals surface area contributed by atoms with E-state index in [4.69, 9.17) is 0 Å². The number of hydrogen-bond donors (Lipinski definition) is 1. The zero-order valence-corrected chi connectivity index (χ0v) is 14.7. The maximum Gasteiger partial charge on any atom is 0.272 e. The molecule has 1 heterocycles. The number of nitrogens with zero attached hydrogens (tertiary/aromatic N) is 3. The number of carbonyl (C=O) groups is 1. The van der Waals surface area contributed by atoms with Gasteiger partial charge in [0.1, 0.15) is 5.69 Å². The van der Waals surface area contributed by atoms with Crippen molar-refractivity contribution in [2.24, 2.45) is 0 Å². The van der Waals surface area contributed by atoms with Crippen LogP contribution in [0.3, 0.4) is 0 Å². The van der Waals surface area contributed by atoms with Crippen LogP contribution in [0.25, 0.3) is 0 Å². The molecule has 0 bridgehead atoms. The second-order valence-electron chi connectivity index (χ2n) is 5.83. The van der Waals surface area contributed by atoms with Gasteiger partial charge in [0.2, 0.25) is 5.95 Å². The van der Waals surface area contributed by atoms with Crippen LogP contribution in [0.4, 0.5) is 5.95 Å². The molecule has 0 spiro atoms. The van der Waals surface area contributed by atoms with Crippen LogP contribution in [0.1, 0.15) is 55.7 Å². The minimum absolute atomic E-state index is 0.0310. The fourth-order valence-electron chi connectivity index (χ4n) is 2.58. The Bertz CT molecular complexity index is 639. The van der Waals surface area contributed by atoms with E-state index >= 15 is 0 Å². The first-order valence-corrected chi connectivity index (χ1v) is 8.59. The zero-order chi connectivity index (χ0) is 17.4. The number of hydrogen-bond acceptors (Lipinski definition) is 4. The van der Waals surface area contributed by atoms with Gasteiger partial charge in [-0.2, -0.15) is 0 Å². The number of nitrogens with one attached hydrogen (secondary N) is 1. The quantitative estimate of drug-likeness (QED) is 0.799. The molecule has 1 unspecified atom stereocenters. The van der Waals surface area contributed by atoms with Crippen molar-refractivity contribution in [3.8, 4) is 0 Å². The molecule has 0 saturated heterocycles. The van der Waals surface area contributed by atoms with Crippen molar-refractivity contribution in [2.45, 2.75) is 39.7 Å². The van der Waals surface area contributed by atoms with Gasteiger partial charge in [-0.15, -0.1) is 0 Å². The molecule has 0 aliphatic carbocycles. The Labute approximate surface area is 144 Å². The summed E-state index contributed by atoms with van der Waals surface area (Å²) in [7, 11) is 0. The Morgan fingerprint density at radius 2 is 1.79 bits per heavy atom. The number of rotatable bonds is 8. The molecule has 1 aromatic heterocycles. The van der Waals surface area contributed by atoms with Crippen molar-refractivity contribution in [3.63, 3.8) is 0 Å². The van der Waals surface area contributed by atoms with Crippen LogP contribution in [0, 0.1) is 0 Å². The summed E-state index contributed by atoms with van der Waals surface area (Å²) in [6.07, 6.45) is 3.51. The van der Waals surface area contributed by atoms with E-state index < -0.39 is 0 Å². The highest BCUT2D eigenvalue weighted by Gasteiger charge is 2.17. The van der Waals surface area contributed by atoms with Gasteiger partial charge in [-0.3, -0.25) is 4.79 Å². The van der Waals surface area contributed by atoms with E-state index in [2.05, 4.69) is 41.3 Å². The van der Waals surface area contributed by atoms with Gasteiger partial charge in [0.25, 0.3) is 5.91 Å². The predicted molar refractivity (Wildman–Crippen MR) is 97.0 cm³/mol. The largest absolute Gasteiger partial charge is 0.348 e. The van der Waals surface area contributed by atoms with Gasteiger partial charge in [-0.1, -0.05) is 44.2 Å². The molecule has 0 fully saturated rings. The first-order chi connectivity index (χ1) is 11.7. The SMILES string of the molecule is CCCN(CCC)C(=O)c1ccnc(NC(C)c2ccccc2)n1. The van der Waals surface area contributed by atoms with Gasteiger partial charge < -0.3 is 10.2 Å². The lowest BCUT2D eigenvalue weighted by Gasteiger charge is -2.21. The van der Waals surface area contributed by atoms with Crippen molar-refractivity contribution in [3.05, 3.63) is 53.9 Å². The van der Waals surface area contributed by atoms with Crippen molar-refractivity contribution in [2.75, 3.05) is 18.4 Å². The molecule has 1 amide bonds. The molecular weight excluding hydrogens is 300 g/mol. The smallest absolute Gasteiger partial charge is 0.272 e. The molecule has 5 heteroatoms. The van der Waals surface area contributed by atoms with Crippen LogP contribution in [-0.2, 0) is 0 Å². The standard InChI is InChI=1S/C19H26N4O/c1-4-13-23(14-5-2)18(24)17-11-12-20-19(22-17)21-15(3)16-9-7-6-8-10-16/h6-12,15H,4-5,13-14H2,1-3H3,(H,20,21,22). The monoisotopic (exact) mass is 326 g/mol. The van der Waals surface area contributed by atoms with Crippen LogP contribution in [-0.4, -0.2) is 33.9 Å². The molecule has 5 nitrogen and oxygen atoms in total. The summed E-state index contributed by atoms with van der Waals surface area (Å²) < 4.78 is 0. The lowest BCUT2D eigenvalue weighted by atomic mass is 10.1. The third-order valence-corrected chi connectivity index (χ3v) is 3.79.